The number of hydrogen-bond donors (Lipinski definition) is 2. The molecule has 1 atom stereocenters. The van der Waals surface area contributed by atoms with Gasteiger partial charge in [0.2, 0.25) is 5.91 Å². The van der Waals surface area contributed by atoms with Gasteiger partial charge in [0.25, 0.3) is 0 Å². The van der Waals surface area contributed by atoms with Crippen molar-refractivity contribution in [3.8, 4) is 5.75 Å². The summed E-state index contributed by atoms with van der Waals surface area (Å²) in [4.78, 5) is 12.3. The van der Waals surface area contributed by atoms with E-state index >= 15 is 0 Å². The number of aryl methyl sites for hydroxylation is 1. The molecular weight excluding hydrogens is 302 g/mol. The number of rotatable bonds is 8. The van der Waals surface area contributed by atoms with Gasteiger partial charge in [0.15, 0.2) is 0 Å². The maximum absolute atomic E-state index is 12.3. The van der Waals surface area contributed by atoms with Gasteiger partial charge in [0.1, 0.15) is 12.4 Å². The maximum Gasteiger partial charge on any atom is 0.223 e. The van der Waals surface area contributed by atoms with Crippen molar-refractivity contribution >= 4 is 5.91 Å². The molecule has 1 amide bonds. The monoisotopic (exact) mass is 327 g/mol. The average molecular weight is 327 g/mol. The fourth-order valence-electron chi connectivity index (χ4n) is 2.47. The zero-order chi connectivity index (χ0) is 17.4. The molecule has 0 radical (unpaired) electrons. The van der Waals surface area contributed by atoms with Gasteiger partial charge in [-0.05, 0) is 25.0 Å². The second-order valence-corrected chi connectivity index (χ2v) is 5.99. The highest BCUT2D eigenvalue weighted by molar-refractivity contribution is 5.78. The van der Waals surface area contributed by atoms with Crippen molar-refractivity contribution in [3.63, 3.8) is 0 Å². The molecule has 0 fully saturated rings. The number of ether oxygens (including phenoxy) is 1. The van der Waals surface area contributed by atoms with Crippen LogP contribution in [-0.4, -0.2) is 24.2 Å². The lowest BCUT2D eigenvalue weighted by molar-refractivity contribution is -0.124. The minimum atomic E-state index is -0.0989. The fourth-order valence-corrected chi connectivity index (χ4v) is 2.47. The predicted molar refractivity (Wildman–Crippen MR) is 94.9 cm³/mol. The lowest BCUT2D eigenvalue weighted by Gasteiger charge is -2.14. The van der Waals surface area contributed by atoms with Gasteiger partial charge >= 0.3 is 0 Å². The minimum absolute atomic E-state index is 0.0209. The van der Waals surface area contributed by atoms with Crippen LogP contribution in [0.5, 0.6) is 5.75 Å². The van der Waals surface area contributed by atoms with E-state index in [1.807, 2.05) is 31.2 Å². The van der Waals surface area contributed by atoms with E-state index in [1.165, 1.54) is 5.56 Å². The van der Waals surface area contributed by atoms with Gasteiger partial charge in [-0.15, -0.1) is 0 Å². The molecule has 0 saturated heterocycles. The summed E-state index contributed by atoms with van der Waals surface area (Å²) < 4.78 is 5.48. The van der Waals surface area contributed by atoms with Gasteiger partial charge in [0, 0.05) is 18.0 Å². The number of nitrogens with one attached hydrogen (secondary N) is 1. The Bertz CT molecular complexity index is 652. The molecule has 0 aromatic heterocycles. The largest absolute Gasteiger partial charge is 0.491 e. The van der Waals surface area contributed by atoms with Crippen LogP contribution in [-0.2, 0) is 17.8 Å². The lowest BCUT2D eigenvalue weighted by Crippen LogP contribution is -2.30. The molecular formula is C20H25NO3. The highest BCUT2D eigenvalue weighted by atomic mass is 16.5. The van der Waals surface area contributed by atoms with Gasteiger partial charge in [-0.1, -0.05) is 55.0 Å². The summed E-state index contributed by atoms with van der Waals surface area (Å²) in [6.45, 7) is 4.61. The number of para-hydroxylation sites is 1. The van der Waals surface area contributed by atoms with E-state index in [1.54, 1.807) is 0 Å². The standard InChI is InChI=1S/C20H25NO3/c1-15-7-9-17(10-8-15)13-16(2)20(23)21-14-18-5-3-4-6-19(18)24-12-11-22/h3-10,16,22H,11-14H2,1-2H3,(H,21,23). The van der Waals surface area contributed by atoms with Gasteiger partial charge in [-0.3, -0.25) is 4.79 Å². The molecule has 2 N–H and O–H groups in total. The first-order valence-electron chi connectivity index (χ1n) is 8.25. The quantitative estimate of drug-likeness (QED) is 0.784. The highest BCUT2D eigenvalue weighted by Gasteiger charge is 2.14. The van der Waals surface area contributed by atoms with Crippen molar-refractivity contribution in [1.82, 2.24) is 5.32 Å². The van der Waals surface area contributed by atoms with Crippen LogP contribution in [0.1, 0.15) is 23.6 Å². The number of hydrogen-bond acceptors (Lipinski definition) is 3. The van der Waals surface area contributed by atoms with Crippen molar-refractivity contribution in [2.75, 3.05) is 13.2 Å². The third-order valence-electron chi connectivity index (χ3n) is 3.88. The summed E-state index contributed by atoms with van der Waals surface area (Å²) in [5.41, 5.74) is 3.28. The predicted octanol–water partition coefficient (Wildman–Crippen LogP) is 2.86. The summed E-state index contributed by atoms with van der Waals surface area (Å²) in [6, 6.07) is 15.8. The normalized spacial score (nSPS) is 11.8. The zero-order valence-electron chi connectivity index (χ0n) is 14.3. The highest BCUT2D eigenvalue weighted by Crippen LogP contribution is 2.18. The Morgan fingerprint density at radius 2 is 1.88 bits per heavy atom. The first kappa shape index (κ1) is 18.0. The molecule has 1 unspecified atom stereocenters. The van der Waals surface area contributed by atoms with E-state index in [0.717, 1.165) is 17.5 Å². The molecule has 4 nitrogen and oxygen atoms in total. The van der Waals surface area contributed by atoms with Gasteiger partial charge in [0.05, 0.1) is 6.61 Å². The third kappa shape index (κ3) is 5.39. The van der Waals surface area contributed by atoms with Crippen LogP contribution in [0.25, 0.3) is 0 Å². The summed E-state index contributed by atoms with van der Waals surface area (Å²) >= 11 is 0. The molecule has 0 aliphatic heterocycles. The number of aliphatic hydroxyl groups excluding tert-OH is 1. The molecule has 0 aliphatic carbocycles. The van der Waals surface area contributed by atoms with E-state index < -0.39 is 0 Å². The van der Waals surface area contributed by atoms with Crippen molar-refractivity contribution in [3.05, 3.63) is 65.2 Å². The first-order chi connectivity index (χ1) is 11.6. The number of carbonyl (C=O) groups excluding carboxylic acids is 1. The van der Waals surface area contributed by atoms with Crippen LogP contribution in [0.3, 0.4) is 0 Å². The van der Waals surface area contributed by atoms with Crippen molar-refractivity contribution in [1.29, 1.82) is 0 Å². The van der Waals surface area contributed by atoms with E-state index in [2.05, 4.69) is 36.5 Å². The molecule has 24 heavy (non-hydrogen) atoms. The number of carbonyl (C=O) groups is 1. The average Bonchev–Trinajstić information content (AvgIpc) is 2.60. The smallest absolute Gasteiger partial charge is 0.223 e. The Labute approximate surface area is 143 Å². The molecule has 2 rings (SSSR count). The Hall–Kier alpha value is -2.33. The first-order valence-corrected chi connectivity index (χ1v) is 8.25. The van der Waals surface area contributed by atoms with Gasteiger partial charge in [-0.25, -0.2) is 0 Å². The van der Waals surface area contributed by atoms with Crippen molar-refractivity contribution < 1.29 is 14.6 Å². The van der Waals surface area contributed by atoms with Gasteiger partial charge in [-0.2, -0.15) is 0 Å². The van der Waals surface area contributed by atoms with E-state index in [4.69, 9.17) is 9.84 Å². The molecule has 0 spiro atoms. The molecule has 2 aromatic rings. The lowest BCUT2D eigenvalue weighted by atomic mass is 9.99. The Morgan fingerprint density at radius 1 is 1.17 bits per heavy atom. The molecule has 128 valence electrons. The van der Waals surface area contributed by atoms with Crippen LogP contribution in [0, 0.1) is 12.8 Å². The Morgan fingerprint density at radius 3 is 2.58 bits per heavy atom. The number of benzene rings is 2. The van der Waals surface area contributed by atoms with E-state index in [-0.39, 0.29) is 25.0 Å². The van der Waals surface area contributed by atoms with Crippen LogP contribution in [0.2, 0.25) is 0 Å². The number of aliphatic hydroxyl groups is 1. The van der Waals surface area contributed by atoms with Crippen molar-refractivity contribution in [2.24, 2.45) is 5.92 Å². The molecule has 0 heterocycles. The minimum Gasteiger partial charge on any atom is -0.491 e. The SMILES string of the molecule is Cc1ccc(CC(C)C(=O)NCc2ccccc2OCCO)cc1. The van der Waals surface area contributed by atoms with E-state index in [0.29, 0.717) is 12.3 Å². The van der Waals surface area contributed by atoms with Crippen LogP contribution >= 0.6 is 0 Å². The summed E-state index contributed by atoms with van der Waals surface area (Å²) in [5.74, 6) is 0.615. The van der Waals surface area contributed by atoms with E-state index in [9.17, 15) is 4.79 Å². The second kappa shape index (κ2) is 9.08. The van der Waals surface area contributed by atoms with Crippen LogP contribution in [0.4, 0.5) is 0 Å². The zero-order valence-corrected chi connectivity index (χ0v) is 14.3. The van der Waals surface area contributed by atoms with Gasteiger partial charge < -0.3 is 15.2 Å². The third-order valence-corrected chi connectivity index (χ3v) is 3.88. The summed E-state index contributed by atoms with van der Waals surface area (Å²) in [5, 5.41) is 11.8. The Kier molecular flexibility index (Phi) is 6.82. The second-order valence-electron chi connectivity index (χ2n) is 5.99. The van der Waals surface area contributed by atoms with Crippen LogP contribution in [0.15, 0.2) is 48.5 Å². The van der Waals surface area contributed by atoms with Crippen molar-refractivity contribution in [2.45, 2.75) is 26.8 Å². The molecule has 0 aliphatic rings. The maximum atomic E-state index is 12.3. The Balaban J connectivity index is 1.89. The number of amides is 1. The summed E-state index contributed by atoms with van der Waals surface area (Å²) in [7, 11) is 0. The fraction of sp³-hybridized carbons (Fsp3) is 0.350. The topological polar surface area (TPSA) is 58.6 Å². The molecule has 2 aromatic carbocycles. The molecule has 0 bridgehead atoms. The molecule has 0 saturated carbocycles. The molecule has 4 heteroatoms. The van der Waals surface area contributed by atoms with Crippen LogP contribution < -0.4 is 10.1 Å². The summed E-state index contributed by atoms with van der Waals surface area (Å²) in [6.07, 6.45) is 0.717.